The van der Waals surface area contributed by atoms with Gasteiger partial charge in [-0.05, 0) is 18.1 Å². The smallest absolute Gasteiger partial charge is 0.352 e. The first kappa shape index (κ1) is 21.8. The third-order valence-corrected chi connectivity index (χ3v) is 6.99. The number of carboxylic acid groups (broad SMARTS) is 1. The number of aliphatic carboxylic acids is 1. The van der Waals surface area contributed by atoms with Crippen molar-refractivity contribution < 1.29 is 29.5 Å². The van der Waals surface area contributed by atoms with Crippen LogP contribution in [0.1, 0.15) is 12.2 Å². The van der Waals surface area contributed by atoms with Gasteiger partial charge in [0.1, 0.15) is 17.1 Å². The summed E-state index contributed by atoms with van der Waals surface area (Å²) < 4.78 is 3.80. The number of thioether (sulfide) groups is 1. The number of allylic oxidation sites excluding steroid dienone is 1. The van der Waals surface area contributed by atoms with Gasteiger partial charge in [-0.25, -0.2) is 4.79 Å². The second-order valence-electron chi connectivity index (χ2n) is 7.09. The first-order valence-electron chi connectivity index (χ1n) is 9.22. The number of β-lactam (4-membered cyclic amide) rings is 1. The van der Waals surface area contributed by atoms with Crippen molar-refractivity contribution in [3.05, 3.63) is 28.7 Å². The lowest BCUT2D eigenvalue weighted by molar-refractivity contribution is -0.150. The van der Waals surface area contributed by atoms with Gasteiger partial charge in [0, 0.05) is 36.5 Å². The molecule has 3 amide bonds. The van der Waals surface area contributed by atoms with Crippen molar-refractivity contribution in [2.24, 2.45) is 5.16 Å². The summed E-state index contributed by atoms with van der Waals surface area (Å²) in [6.07, 6.45) is 2.03. The lowest BCUT2D eigenvalue weighted by Crippen LogP contribution is -2.71. The van der Waals surface area contributed by atoms with Crippen molar-refractivity contribution in [3.8, 4) is 0 Å². The van der Waals surface area contributed by atoms with Gasteiger partial charge in [0.2, 0.25) is 17.4 Å². The van der Waals surface area contributed by atoms with E-state index in [0.29, 0.717) is 24.1 Å². The van der Waals surface area contributed by atoms with E-state index in [4.69, 9.17) is 5.73 Å². The predicted octanol–water partition coefficient (Wildman–Crippen LogP) is -1.17. The van der Waals surface area contributed by atoms with E-state index in [0.717, 1.165) is 16.4 Å². The van der Waals surface area contributed by atoms with E-state index in [1.54, 1.807) is 7.05 Å². The molecule has 3 aliphatic rings. The Morgan fingerprint density at radius 1 is 1.38 bits per heavy atom. The van der Waals surface area contributed by atoms with Crippen molar-refractivity contribution in [3.63, 3.8) is 0 Å². The van der Waals surface area contributed by atoms with E-state index >= 15 is 0 Å². The second kappa shape index (κ2) is 8.23. The highest BCUT2D eigenvalue weighted by atomic mass is 32.2. The van der Waals surface area contributed by atoms with Crippen LogP contribution < -0.4 is 11.1 Å². The molecule has 2 atom stereocenters. The number of anilines is 1. The third kappa shape index (κ3) is 3.58. The van der Waals surface area contributed by atoms with E-state index < -0.39 is 34.9 Å². The van der Waals surface area contributed by atoms with Crippen LogP contribution >= 0.6 is 23.3 Å². The van der Waals surface area contributed by atoms with Crippen LogP contribution in [0.3, 0.4) is 0 Å². The molecule has 32 heavy (non-hydrogen) atoms. The fourth-order valence-corrected chi connectivity index (χ4v) is 5.31. The Hall–Kier alpha value is -3.46. The van der Waals surface area contributed by atoms with Crippen LogP contribution in [0.5, 0.6) is 0 Å². The number of carboxylic acids is 1. The number of amides is 3. The molecular weight excluding hydrogens is 462 g/mol. The average molecular weight is 480 g/mol. The highest BCUT2D eigenvalue weighted by Crippen LogP contribution is 2.41. The number of nitrogens with zero attached hydrogens (tertiary/aromatic N) is 5. The molecular formula is C17H17N7O6S2. The molecule has 4 heterocycles. The SMILES string of the molecule is CN1CC/C(=C\C2=C(C(=O)O)N3C(=O)[C@@H](NC(=O)/C(=N\O)c4nsc(N)n4)[C@H]3SC2)C1=O. The summed E-state index contributed by atoms with van der Waals surface area (Å²) in [6.45, 7) is 0.543. The molecule has 15 heteroatoms. The van der Waals surface area contributed by atoms with Gasteiger partial charge in [-0.1, -0.05) is 5.16 Å². The Morgan fingerprint density at radius 2 is 2.12 bits per heavy atom. The number of aromatic nitrogens is 2. The van der Waals surface area contributed by atoms with E-state index in [2.05, 4.69) is 19.8 Å². The molecule has 13 nitrogen and oxygen atoms in total. The Labute approximate surface area is 188 Å². The van der Waals surface area contributed by atoms with E-state index in [9.17, 15) is 29.5 Å². The Kier molecular flexibility index (Phi) is 5.60. The zero-order valence-corrected chi connectivity index (χ0v) is 18.1. The first-order valence-corrected chi connectivity index (χ1v) is 11.0. The van der Waals surface area contributed by atoms with Gasteiger partial charge in [-0.3, -0.25) is 19.3 Å². The van der Waals surface area contributed by atoms with Gasteiger partial charge in [0.05, 0.1) is 0 Å². The molecule has 0 bridgehead atoms. The molecule has 0 aromatic carbocycles. The lowest BCUT2D eigenvalue weighted by atomic mass is 10.0. The molecule has 0 spiro atoms. The molecule has 0 radical (unpaired) electrons. The second-order valence-corrected chi connectivity index (χ2v) is 8.98. The fourth-order valence-electron chi connectivity index (χ4n) is 3.57. The summed E-state index contributed by atoms with van der Waals surface area (Å²) in [5.74, 6) is -2.99. The van der Waals surface area contributed by atoms with Gasteiger partial charge in [-0.2, -0.15) is 9.36 Å². The molecule has 2 saturated heterocycles. The number of carbonyl (C=O) groups excluding carboxylic acids is 3. The van der Waals surface area contributed by atoms with Crippen LogP contribution in [0, 0.1) is 0 Å². The van der Waals surface area contributed by atoms with Crippen LogP contribution in [0.15, 0.2) is 28.1 Å². The molecule has 1 aromatic rings. The zero-order valence-electron chi connectivity index (χ0n) is 16.5. The zero-order chi connectivity index (χ0) is 23.2. The molecule has 2 fully saturated rings. The molecule has 4 rings (SSSR count). The minimum atomic E-state index is -1.31. The minimum Gasteiger partial charge on any atom is -0.477 e. The highest BCUT2D eigenvalue weighted by Gasteiger charge is 2.54. The summed E-state index contributed by atoms with van der Waals surface area (Å²) >= 11 is 2.05. The maximum absolute atomic E-state index is 12.8. The van der Waals surface area contributed by atoms with Crippen molar-refractivity contribution in [2.45, 2.75) is 17.8 Å². The molecule has 3 aliphatic heterocycles. The number of nitrogens with two attached hydrogens (primary N) is 1. The summed E-state index contributed by atoms with van der Waals surface area (Å²) in [6, 6.07) is -1.04. The van der Waals surface area contributed by atoms with Gasteiger partial charge in [0.25, 0.3) is 11.8 Å². The maximum Gasteiger partial charge on any atom is 0.352 e. The van der Waals surface area contributed by atoms with E-state index in [1.807, 2.05) is 0 Å². The fraction of sp³-hybridized carbons (Fsp3) is 0.353. The van der Waals surface area contributed by atoms with Crippen molar-refractivity contribution >= 4 is 57.8 Å². The van der Waals surface area contributed by atoms with Gasteiger partial charge < -0.3 is 26.3 Å². The minimum absolute atomic E-state index is 0.0625. The molecule has 0 saturated carbocycles. The average Bonchev–Trinajstić information content (AvgIpc) is 3.32. The van der Waals surface area contributed by atoms with Crippen LogP contribution in [0.2, 0.25) is 0 Å². The normalized spacial score (nSPS) is 24.7. The predicted molar refractivity (Wildman–Crippen MR) is 113 cm³/mol. The van der Waals surface area contributed by atoms with Crippen molar-refractivity contribution in [2.75, 3.05) is 25.1 Å². The Balaban J connectivity index is 1.55. The van der Waals surface area contributed by atoms with E-state index in [1.165, 1.54) is 22.7 Å². The number of rotatable bonds is 5. The largest absolute Gasteiger partial charge is 0.477 e. The monoisotopic (exact) mass is 479 g/mol. The maximum atomic E-state index is 12.8. The number of oxime groups is 1. The third-order valence-electron chi connectivity index (χ3n) is 5.14. The molecule has 168 valence electrons. The number of fused-ring (bicyclic) bond motifs is 1. The summed E-state index contributed by atoms with van der Waals surface area (Å²) in [5, 5.41) is 23.6. The lowest BCUT2D eigenvalue weighted by Gasteiger charge is -2.49. The number of hydrogen-bond acceptors (Lipinski definition) is 11. The van der Waals surface area contributed by atoms with Crippen LogP contribution in [-0.4, -0.2) is 89.6 Å². The molecule has 0 aliphatic carbocycles. The number of likely N-dealkylation sites (N-methyl/N-ethyl adjacent to an activating group) is 1. The molecule has 1 aromatic heterocycles. The van der Waals surface area contributed by atoms with Gasteiger partial charge in [0.15, 0.2) is 5.13 Å². The Morgan fingerprint density at radius 3 is 2.69 bits per heavy atom. The van der Waals surface area contributed by atoms with Gasteiger partial charge in [-0.15, -0.1) is 11.8 Å². The first-order chi connectivity index (χ1) is 15.2. The summed E-state index contributed by atoms with van der Waals surface area (Å²) in [4.78, 5) is 55.8. The number of nitrogen functional groups attached to an aromatic ring is 1. The van der Waals surface area contributed by atoms with Crippen LogP contribution in [0.25, 0.3) is 0 Å². The van der Waals surface area contributed by atoms with Crippen LogP contribution in [0.4, 0.5) is 5.13 Å². The topological polar surface area (TPSA) is 191 Å². The van der Waals surface area contributed by atoms with Crippen molar-refractivity contribution in [1.82, 2.24) is 24.5 Å². The van der Waals surface area contributed by atoms with Gasteiger partial charge >= 0.3 is 5.97 Å². The number of carbonyl (C=O) groups is 4. The summed E-state index contributed by atoms with van der Waals surface area (Å²) in [7, 11) is 1.66. The molecule has 0 unspecified atom stereocenters. The standard InChI is InChI=1S/C17H17N7O6S2/c1-23-3-2-6(13(23)26)4-7-5-31-15-9(14(27)24(15)10(7)16(28)29)19-12(25)8(21-30)11-20-17(18)32-22-11/h4,9,15,30H,2-3,5H2,1H3,(H,19,25)(H,28,29)(H2,18,20,22)/b6-4+,21-8-/t9-,15-/m1/s1. The number of nitrogens with one attached hydrogen (secondary N) is 1. The molecule has 5 N–H and O–H groups in total. The summed E-state index contributed by atoms with van der Waals surface area (Å²) in [5.41, 5.74) is 5.58. The quantitative estimate of drug-likeness (QED) is 0.131. The van der Waals surface area contributed by atoms with E-state index in [-0.39, 0.29) is 28.3 Å². The highest BCUT2D eigenvalue weighted by molar-refractivity contribution is 8.00. The number of likely N-dealkylation sites (tertiary alicyclic amines) is 1. The Bertz CT molecular complexity index is 1130. The van der Waals surface area contributed by atoms with Crippen molar-refractivity contribution in [1.29, 1.82) is 0 Å². The number of hydrogen-bond donors (Lipinski definition) is 4. The van der Waals surface area contributed by atoms with Crippen LogP contribution in [-0.2, 0) is 19.2 Å².